The molecule has 0 unspecified atom stereocenters. The molecule has 0 radical (unpaired) electrons. The van der Waals surface area contributed by atoms with Crippen LogP contribution in [0.2, 0.25) is 5.15 Å². The van der Waals surface area contributed by atoms with Crippen molar-refractivity contribution in [2.24, 2.45) is 5.92 Å². The van der Waals surface area contributed by atoms with Crippen LogP contribution < -0.4 is 15.4 Å². The first-order valence-corrected chi connectivity index (χ1v) is 10.1. The number of methoxy groups -OCH3 is 1. The Morgan fingerprint density at radius 3 is 3.00 bits per heavy atom. The number of aromatic nitrogens is 2. The molecule has 0 spiro atoms. The molecule has 2 heterocycles. The Morgan fingerprint density at radius 1 is 1.43 bits per heavy atom. The van der Waals surface area contributed by atoms with Gasteiger partial charge in [0.1, 0.15) is 4.88 Å². The molecule has 7 nitrogen and oxygen atoms in total. The lowest BCUT2D eigenvalue weighted by atomic mass is 10.2. The van der Waals surface area contributed by atoms with Gasteiger partial charge < -0.3 is 14.8 Å². The number of hydrogen-bond donors (Lipinski definition) is 2. The molecular weight excluding hydrogens is 400 g/mol. The number of carbonyl (C=O) groups excluding carboxylic acids is 1. The first-order valence-electron chi connectivity index (χ1n) is 8.86. The number of rotatable bonds is 7. The number of anilines is 1. The van der Waals surface area contributed by atoms with Crippen molar-refractivity contribution in [2.75, 3.05) is 32.2 Å². The summed E-state index contributed by atoms with van der Waals surface area (Å²) in [4.78, 5) is 21.1. The summed E-state index contributed by atoms with van der Waals surface area (Å²) in [5.74, 6) is 7.24. The Morgan fingerprint density at radius 2 is 2.25 bits per heavy atom. The lowest BCUT2D eigenvalue weighted by Crippen LogP contribution is -2.31. The van der Waals surface area contributed by atoms with Gasteiger partial charge in [-0.1, -0.05) is 28.9 Å². The van der Waals surface area contributed by atoms with Crippen LogP contribution in [0.15, 0.2) is 12.3 Å². The third kappa shape index (κ3) is 6.09. The van der Waals surface area contributed by atoms with E-state index in [0.717, 1.165) is 23.1 Å². The molecule has 2 aromatic rings. The number of nitrogens with zero attached hydrogens (tertiary/aromatic N) is 2. The molecule has 0 saturated heterocycles. The minimum atomic E-state index is -0.310. The standard InChI is InChI=1S/C19H21ClN4O3S/c1-12-16(6-5-14-9-15(26-2)17(20)22-10-14)28-19(23-12)24-18(25)21-7-8-27-11-13-3-4-13/h9-10,13H,3-4,7-8,11H2,1-2H3,(H2,21,23,24,25). The molecule has 2 amide bonds. The van der Waals surface area contributed by atoms with Gasteiger partial charge in [-0.05, 0) is 31.6 Å². The smallest absolute Gasteiger partial charge is 0.321 e. The minimum Gasteiger partial charge on any atom is -0.493 e. The van der Waals surface area contributed by atoms with Crippen LogP contribution in [-0.2, 0) is 4.74 Å². The van der Waals surface area contributed by atoms with Crippen molar-refractivity contribution < 1.29 is 14.3 Å². The van der Waals surface area contributed by atoms with Crippen LogP contribution in [0.1, 0.15) is 29.0 Å². The average molecular weight is 421 g/mol. The molecule has 9 heteroatoms. The van der Waals surface area contributed by atoms with Crippen LogP contribution in [0, 0.1) is 24.7 Å². The molecule has 1 fully saturated rings. The molecule has 1 aliphatic carbocycles. The van der Waals surface area contributed by atoms with Crippen molar-refractivity contribution in [1.82, 2.24) is 15.3 Å². The monoisotopic (exact) mass is 420 g/mol. The van der Waals surface area contributed by atoms with E-state index in [0.29, 0.717) is 29.6 Å². The zero-order valence-electron chi connectivity index (χ0n) is 15.7. The summed E-state index contributed by atoms with van der Waals surface area (Å²) >= 11 is 7.22. The zero-order chi connectivity index (χ0) is 19.9. The van der Waals surface area contributed by atoms with E-state index < -0.39 is 0 Å². The van der Waals surface area contributed by atoms with Gasteiger partial charge in [-0.25, -0.2) is 14.8 Å². The molecule has 3 rings (SSSR count). The fraction of sp³-hybridized carbons (Fsp3) is 0.421. The van der Waals surface area contributed by atoms with Crippen molar-refractivity contribution in [3.8, 4) is 17.6 Å². The number of urea groups is 1. The number of nitrogens with one attached hydrogen (secondary N) is 2. The largest absolute Gasteiger partial charge is 0.493 e. The van der Waals surface area contributed by atoms with Crippen LogP contribution in [-0.4, -0.2) is 42.9 Å². The van der Waals surface area contributed by atoms with E-state index in [9.17, 15) is 4.79 Å². The van der Waals surface area contributed by atoms with Gasteiger partial charge in [-0.3, -0.25) is 5.32 Å². The van der Waals surface area contributed by atoms with Crippen LogP contribution in [0.3, 0.4) is 0 Å². The van der Waals surface area contributed by atoms with E-state index in [2.05, 4.69) is 32.4 Å². The number of aryl methyl sites for hydroxylation is 1. The van der Waals surface area contributed by atoms with Gasteiger partial charge in [0.05, 0.1) is 19.4 Å². The maximum absolute atomic E-state index is 11.9. The normalized spacial score (nSPS) is 12.8. The first-order chi connectivity index (χ1) is 13.5. The van der Waals surface area contributed by atoms with Crippen LogP contribution >= 0.6 is 22.9 Å². The maximum Gasteiger partial charge on any atom is 0.321 e. The number of halogens is 1. The zero-order valence-corrected chi connectivity index (χ0v) is 17.2. The third-order valence-electron chi connectivity index (χ3n) is 3.95. The van der Waals surface area contributed by atoms with Gasteiger partial charge in [-0.2, -0.15) is 0 Å². The van der Waals surface area contributed by atoms with Crippen molar-refractivity contribution in [3.05, 3.63) is 33.6 Å². The maximum atomic E-state index is 11.9. The van der Waals surface area contributed by atoms with Crippen LogP contribution in [0.5, 0.6) is 5.75 Å². The Bertz CT molecular complexity index is 902. The van der Waals surface area contributed by atoms with Crippen LogP contribution in [0.25, 0.3) is 0 Å². The quantitative estimate of drug-likeness (QED) is 0.407. The summed E-state index contributed by atoms with van der Waals surface area (Å²) in [5.41, 5.74) is 1.42. The Hall–Kier alpha value is -2.34. The van der Waals surface area contributed by atoms with Gasteiger partial charge in [0.15, 0.2) is 16.0 Å². The van der Waals surface area contributed by atoms with Gasteiger partial charge in [0, 0.05) is 31.0 Å². The van der Waals surface area contributed by atoms with Crippen molar-refractivity contribution in [3.63, 3.8) is 0 Å². The van der Waals surface area contributed by atoms with Gasteiger partial charge in [0.25, 0.3) is 0 Å². The summed E-state index contributed by atoms with van der Waals surface area (Å²) in [6.07, 6.45) is 4.08. The molecular formula is C19H21ClN4O3S. The Labute approximate surface area is 172 Å². The van der Waals surface area contributed by atoms with E-state index in [1.54, 1.807) is 12.3 Å². The van der Waals surface area contributed by atoms with Crippen molar-refractivity contribution in [2.45, 2.75) is 19.8 Å². The average Bonchev–Trinajstić information content (AvgIpc) is 3.43. The number of amides is 2. The van der Waals surface area contributed by atoms with Gasteiger partial charge in [-0.15, -0.1) is 0 Å². The lowest BCUT2D eigenvalue weighted by molar-refractivity contribution is 0.127. The third-order valence-corrected chi connectivity index (χ3v) is 5.22. The number of ether oxygens (including phenoxy) is 2. The molecule has 0 aliphatic heterocycles. The van der Waals surface area contributed by atoms with Crippen molar-refractivity contribution >= 4 is 34.1 Å². The minimum absolute atomic E-state index is 0.289. The molecule has 0 bridgehead atoms. The predicted molar refractivity (Wildman–Crippen MR) is 109 cm³/mol. The highest BCUT2D eigenvalue weighted by Crippen LogP contribution is 2.28. The molecule has 1 saturated carbocycles. The fourth-order valence-corrected chi connectivity index (χ4v) is 3.24. The highest BCUT2D eigenvalue weighted by molar-refractivity contribution is 7.16. The van der Waals surface area contributed by atoms with Crippen LogP contribution in [0.4, 0.5) is 9.93 Å². The van der Waals surface area contributed by atoms with Gasteiger partial charge in [0.2, 0.25) is 0 Å². The van der Waals surface area contributed by atoms with Gasteiger partial charge >= 0.3 is 6.03 Å². The number of pyridine rings is 1. The highest BCUT2D eigenvalue weighted by Gasteiger charge is 2.20. The number of hydrogen-bond acceptors (Lipinski definition) is 6. The molecule has 28 heavy (non-hydrogen) atoms. The SMILES string of the molecule is COc1cc(C#Cc2sc(NC(=O)NCCOCC3CC3)nc2C)cnc1Cl. The number of thiazole rings is 1. The Kier molecular flexibility index (Phi) is 7.09. The van der Waals surface area contributed by atoms with E-state index in [-0.39, 0.29) is 11.2 Å². The summed E-state index contributed by atoms with van der Waals surface area (Å²) in [5, 5.41) is 6.25. The fourth-order valence-electron chi connectivity index (χ4n) is 2.25. The molecule has 0 aromatic carbocycles. The van der Waals surface area contributed by atoms with E-state index in [4.69, 9.17) is 21.1 Å². The topological polar surface area (TPSA) is 85.4 Å². The summed E-state index contributed by atoms with van der Waals surface area (Å²) in [7, 11) is 1.52. The predicted octanol–water partition coefficient (Wildman–Crippen LogP) is 3.46. The summed E-state index contributed by atoms with van der Waals surface area (Å²) in [6, 6.07) is 1.41. The number of carbonyl (C=O) groups is 1. The molecule has 1 aliphatic rings. The molecule has 148 valence electrons. The van der Waals surface area contributed by atoms with E-state index in [1.165, 1.54) is 31.3 Å². The molecule has 2 aromatic heterocycles. The Balaban J connectivity index is 1.52. The second-order valence-electron chi connectivity index (χ2n) is 6.30. The summed E-state index contributed by atoms with van der Waals surface area (Å²) in [6.45, 7) is 3.60. The van der Waals surface area contributed by atoms with E-state index in [1.807, 2.05) is 6.92 Å². The molecule has 0 atom stereocenters. The van der Waals surface area contributed by atoms with Crippen molar-refractivity contribution in [1.29, 1.82) is 0 Å². The second-order valence-corrected chi connectivity index (χ2v) is 7.66. The second kappa shape index (κ2) is 9.73. The highest BCUT2D eigenvalue weighted by atomic mass is 35.5. The molecule has 2 N–H and O–H groups in total. The first kappa shape index (κ1) is 20.4. The lowest BCUT2D eigenvalue weighted by Gasteiger charge is -2.05. The summed E-state index contributed by atoms with van der Waals surface area (Å²) < 4.78 is 10.6. The van der Waals surface area contributed by atoms with E-state index >= 15 is 0 Å².